The first-order valence-electron chi connectivity index (χ1n) is 7.35. The van der Waals surface area contributed by atoms with Gasteiger partial charge >= 0.3 is 0 Å². The Hall–Kier alpha value is -2.75. The molecule has 23 heavy (non-hydrogen) atoms. The SMILES string of the molecule is CC(C)C(=O)/C(=C/c1ccc(F)cc1)C(=O)Nc1ccccc1. The van der Waals surface area contributed by atoms with Gasteiger partial charge in [-0.05, 0) is 35.9 Å². The maximum atomic E-state index is 13.0. The monoisotopic (exact) mass is 311 g/mol. The molecule has 0 heterocycles. The molecule has 0 bridgehead atoms. The number of benzene rings is 2. The Bertz CT molecular complexity index is 719. The van der Waals surface area contributed by atoms with Crippen molar-refractivity contribution in [1.29, 1.82) is 0 Å². The molecule has 0 spiro atoms. The first kappa shape index (κ1) is 16.6. The molecule has 0 fully saturated rings. The number of ketones is 1. The molecule has 1 amide bonds. The molecule has 2 rings (SSSR count). The van der Waals surface area contributed by atoms with E-state index in [0.717, 1.165) is 0 Å². The first-order chi connectivity index (χ1) is 11.0. The molecule has 0 saturated carbocycles. The lowest BCUT2D eigenvalue weighted by atomic mass is 9.98. The lowest BCUT2D eigenvalue weighted by Gasteiger charge is -2.10. The van der Waals surface area contributed by atoms with Gasteiger partial charge in [-0.15, -0.1) is 0 Å². The second kappa shape index (κ2) is 7.49. The summed E-state index contributed by atoms with van der Waals surface area (Å²) in [5, 5.41) is 2.71. The second-order valence-corrected chi connectivity index (χ2v) is 5.45. The van der Waals surface area contributed by atoms with Crippen molar-refractivity contribution in [2.24, 2.45) is 5.92 Å². The Morgan fingerprint density at radius 2 is 1.61 bits per heavy atom. The summed E-state index contributed by atoms with van der Waals surface area (Å²) < 4.78 is 13.0. The Morgan fingerprint density at radius 3 is 2.17 bits per heavy atom. The van der Waals surface area contributed by atoms with Crippen LogP contribution in [0.3, 0.4) is 0 Å². The number of hydrogen-bond donors (Lipinski definition) is 1. The van der Waals surface area contributed by atoms with Crippen LogP contribution in [-0.4, -0.2) is 11.7 Å². The van der Waals surface area contributed by atoms with E-state index in [1.807, 2.05) is 6.07 Å². The summed E-state index contributed by atoms with van der Waals surface area (Å²) in [6.07, 6.45) is 1.49. The van der Waals surface area contributed by atoms with E-state index in [1.54, 1.807) is 38.1 Å². The lowest BCUT2D eigenvalue weighted by Crippen LogP contribution is -2.23. The zero-order valence-electron chi connectivity index (χ0n) is 13.0. The molecule has 0 aromatic heterocycles. The third-order valence-corrected chi connectivity index (χ3v) is 3.25. The highest BCUT2D eigenvalue weighted by Crippen LogP contribution is 2.15. The second-order valence-electron chi connectivity index (χ2n) is 5.45. The van der Waals surface area contributed by atoms with Gasteiger partial charge in [0.15, 0.2) is 5.78 Å². The highest BCUT2D eigenvalue weighted by atomic mass is 19.1. The Kier molecular flexibility index (Phi) is 5.41. The average Bonchev–Trinajstić information content (AvgIpc) is 2.54. The number of Topliss-reactive ketones (excluding diaryl/α,β-unsaturated/α-hetero) is 1. The number of halogens is 1. The number of carbonyl (C=O) groups excluding carboxylic acids is 2. The van der Waals surface area contributed by atoms with E-state index < -0.39 is 5.91 Å². The van der Waals surface area contributed by atoms with Crippen LogP contribution in [-0.2, 0) is 9.59 Å². The summed E-state index contributed by atoms with van der Waals surface area (Å²) >= 11 is 0. The van der Waals surface area contributed by atoms with Crippen molar-refractivity contribution in [2.45, 2.75) is 13.8 Å². The summed E-state index contributed by atoms with van der Waals surface area (Å²) in [6.45, 7) is 3.47. The van der Waals surface area contributed by atoms with Crippen molar-refractivity contribution in [3.63, 3.8) is 0 Å². The normalized spacial score (nSPS) is 11.4. The maximum absolute atomic E-state index is 13.0. The highest BCUT2D eigenvalue weighted by molar-refractivity contribution is 6.26. The van der Waals surface area contributed by atoms with Crippen LogP contribution in [0.5, 0.6) is 0 Å². The molecule has 4 heteroatoms. The smallest absolute Gasteiger partial charge is 0.259 e. The van der Waals surface area contributed by atoms with Gasteiger partial charge in [0.2, 0.25) is 0 Å². The molecule has 2 aromatic rings. The standard InChI is InChI=1S/C19H18FNO2/c1-13(2)18(22)17(12-14-8-10-15(20)11-9-14)19(23)21-16-6-4-3-5-7-16/h3-13H,1-2H3,(H,21,23)/b17-12-. The van der Waals surface area contributed by atoms with E-state index in [-0.39, 0.29) is 23.1 Å². The van der Waals surface area contributed by atoms with Crippen molar-refractivity contribution in [3.8, 4) is 0 Å². The fraction of sp³-hybridized carbons (Fsp3) is 0.158. The van der Waals surface area contributed by atoms with Gasteiger partial charge in [-0.3, -0.25) is 9.59 Å². The molecule has 0 unspecified atom stereocenters. The number of carbonyl (C=O) groups is 2. The predicted molar refractivity (Wildman–Crippen MR) is 89.3 cm³/mol. The molecule has 0 radical (unpaired) electrons. The summed E-state index contributed by atoms with van der Waals surface area (Å²) in [5.41, 5.74) is 1.26. The van der Waals surface area contributed by atoms with Crippen LogP contribution in [0.4, 0.5) is 10.1 Å². The lowest BCUT2D eigenvalue weighted by molar-refractivity contribution is -0.121. The number of anilines is 1. The van der Waals surface area contributed by atoms with Crippen molar-refractivity contribution in [2.75, 3.05) is 5.32 Å². The summed E-state index contributed by atoms with van der Waals surface area (Å²) in [7, 11) is 0. The van der Waals surface area contributed by atoms with Crippen LogP contribution >= 0.6 is 0 Å². The Labute approximate surface area is 134 Å². The van der Waals surface area contributed by atoms with E-state index in [1.165, 1.54) is 30.3 Å². The van der Waals surface area contributed by atoms with Crippen LogP contribution in [0.15, 0.2) is 60.2 Å². The van der Waals surface area contributed by atoms with E-state index in [4.69, 9.17) is 0 Å². The number of hydrogen-bond acceptors (Lipinski definition) is 2. The molecule has 0 aliphatic carbocycles. The molecular formula is C19H18FNO2. The minimum atomic E-state index is -0.473. The fourth-order valence-corrected chi connectivity index (χ4v) is 2.01. The average molecular weight is 311 g/mol. The molecule has 2 aromatic carbocycles. The van der Waals surface area contributed by atoms with Crippen LogP contribution in [0, 0.1) is 11.7 Å². The molecule has 3 nitrogen and oxygen atoms in total. The minimum absolute atomic E-state index is 0.0514. The van der Waals surface area contributed by atoms with Crippen LogP contribution < -0.4 is 5.32 Å². The quantitative estimate of drug-likeness (QED) is 0.514. The zero-order valence-corrected chi connectivity index (χ0v) is 13.0. The van der Waals surface area contributed by atoms with E-state index >= 15 is 0 Å². The van der Waals surface area contributed by atoms with Crippen molar-refractivity contribution < 1.29 is 14.0 Å². The summed E-state index contributed by atoms with van der Waals surface area (Å²) in [5.74, 6) is -1.42. The number of rotatable bonds is 5. The van der Waals surface area contributed by atoms with Crippen molar-refractivity contribution in [1.82, 2.24) is 0 Å². The zero-order chi connectivity index (χ0) is 16.8. The van der Waals surface area contributed by atoms with Crippen molar-refractivity contribution >= 4 is 23.5 Å². The topological polar surface area (TPSA) is 46.2 Å². The molecule has 1 N–H and O–H groups in total. The number of para-hydroxylation sites is 1. The third kappa shape index (κ3) is 4.61. The van der Waals surface area contributed by atoms with Gasteiger partial charge in [-0.2, -0.15) is 0 Å². The summed E-state index contributed by atoms with van der Waals surface area (Å²) in [4.78, 5) is 24.8. The van der Waals surface area contributed by atoms with Gasteiger partial charge in [0.25, 0.3) is 5.91 Å². The molecule has 0 aliphatic heterocycles. The van der Waals surface area contributed by atoms with Gasteiger partial charge in [-0.1, -0.05) is 44.2 Å². The van der Waals surface area contributed by atoms with Gasteiger partial charge in [0.05, 0.1) is 5.57 Å². The maximum Gasteiger partial charge on any atom is 0.259 e. The molecule has 118 valence electrons. The van der Waals surface area contributed by atoms with E-state index in [9.17, 15) is 14.0 Å². The van der Waals surface area contributed by atoms with Crippen LogP contribution in [0.25, 0.3) is 6.08 Å². The largest absolute Gasteiger partial charge is 0.322 e. The molecule has 0 atom stereocenters. The van der Waals surface area contributed by atoms with Crippen LogP contribution in [0.1, 0.15) is 19.4 Å². The first-order valence-corrected chi connectivity index (χ1v) is 7.35. The third-order valence-electron chi connectivity index (χ3n) is 3.25. The Balaban J connectivity index is 2.32. The van der Waals surface area contributed by atoms with Crippen LogP contribution in [0.2, 0.25) is 0 Å². The van der Waals surface area contributed by atoms with Crippen molar-refractivity contribution in [3.05, 3.63) is 71.6 Å². The number of nitrogens with one attached hydrogen (secondary N) is 1. The van der Waals surface area contributed by atoms with Gasteiger partial charge < -0.3 is 5.32 Å². The van der Waals surface area contributed by atoms with E-state index in [0.29, 0.717) is 11.3 Å². The van der Waals surface area contributed by atoms with Gasteiger partial charge in [-0.25, -0.2) is 4.39 Å². The van der Waals surface area contributed by atoms with Gasteiger partial charge in [0, 0.05) is 11.6 Å². The summed E-state index contributed by atoms with van der Waals surface area (Å²) in [6, 6.07) is 14.5. The number of amides is 1. The predicted octanol–water partition coefficient (Wildman–Crippen LogP) is 4.07. The highest BCUT2D eigenvalue weighted by Gasteiger charge is 2.21. The molecule has 0 saturated heterocycles. The van der Waals surface area contributed by atoms with E-state index in [2.05, 4.69) is 5.32 Å². The van der Waals surface area contributed by atoms with Gasteiger partial charge in [0.1, 0.15) is 5.82 Å². The molecule has 0 aliphatic rings. The molecular weight excluding hydrogens is 293 g/mol. The fourth-order valence-electron chi connectivity index (χ4n) is 2.01. The minimum Gasteiger partial charge on any atom is -0.322 e. The Morgan fingerprint density at radius 1 is 1.00 bits per heavy atom.